The van der Waals surface area contributed by atoms with Gasteiger partial charge in [0.05, 0.1) is 11.6 Å². The number of ether oxygens (including phenoxy) is 1. The maximum atomic E-state index is 12.7. The molecule has 0 unspecified atom stereocenters. The summed E-state index contributed by atoms with van der Waals surface area (Å²) in [6.45, 7) is 0.761. The Labute approximate surface area is 175 Å². The van der Waals surface area contributed by atoms with Crippen molar-refractivity contribution in [1.82, 2.24) is 19.1 Å². The fourth-order valence-electron chi connectivity index (χ4n) is 3.42. The summed E-state index contributed by atoms with van der Waals surface area (Å²) in [5, 5.41) is 4.18. The zero-order valence-corrected chi connectivity index (χ0v) is 17.1. The van der Waals surface area contributed by atoms with Crippen molar-refractivity contribution in [2.45, 2.75) is 24.3 Å². The van der Waals surface area contributed by atoms with E-state index in [9.17, 15) is 13.2 Å². The van der Waals surface area contributed by atoms with Crippen LogP contribution in [0.15, 0.2) is 72.1 Å². The van der Waals surface area contributed by atoms with E-state index in [0.29, 0.717) is 12.8 Å². The summed E-state index contributed by atoms with van der Waals surface area (Å²) in [5.41, 5.74) is 1.81. The van der Waals surface area contributed by atoms with Gasteiger partial charge in [0, 0.05) is 37.9 Å². The molecule has 0 radical (unpaired) electrons. The number of hydrogen-bond acceptors (Lipinski definition) is 6. The first-order valence-electron chi connectivity index (χ1n) is 9.70. The van der Waals surface area contributed by atoms with Crippen molar-refractivity contribution >= 4 is 16.0 Å². The van der Waals surface area contributed by atoms with Crippen LogP contribution in [-0.4, -0.2) is 46.5 Å². The number of carbonyl (C=O) groups is 1. The van der Waals surface area contributed by atoms with Crippen molar-refractivity contribution in [1.29, 1.82) is 0 Å². The van der Waals surface area contributed by atoms with Crippen LogP contribution in [0.25, 0.3) is 5.69 Å². The molecule has 0 bridgehead atoms. The number of piperidine rings is 1. The molecule has 1 saturated heterocycles. The predicted molar refractivity (Wildman–Crippen MR) is 109 cm³/mol. The highest BCUT2D eigenvalue weighted by Gasteiger charge is 2.32. The Bertz CT molecular complexity index is 1080. The molecule has 0 atom stereocenters. The topological polar surface area (TPSA) is 94.4 Å². The Morgan fingerprint density at radius 2 is 1.83 bits per heavy atom. The number of rotatable bonds is 6. The Balaban J connectivity index is 1.28. The van der Waals surface area contributed by atoms with Crippen molar-refractivity contribution in [2.24, 2.45) is 5.92 Å². The van der Waals surface area contributed by atoms with Crippen LogP contribution >= 0.6 is 0 Å². The molecule has 1 aliphatic heterocycles. The van der Waals surface area contributed by atoms with Gasteiger partial charge in [0.2, 0.25) is 10.0 Å². The second-order valence-corrected chi connectivity index (χ2v) is 9.03. The van der Waals surface area contributed by atoms with E-state index < -0.39 is 10.0 Å². The standard InChI is InChI=1S/C21H22N4O4S/c26-21(29-16-17-4-6-19(7-5-17)25-12-2-11-23-25)18-8-13-24(14-9-18)30(27,28)20-3-1-10-22-15-20/h1-7,10-12,15,18H,8-9,13-14,16H2. The van der Waals surface area contributed by atoms with Crippen molar-refractivity contribution in [3.63, 3.8) is 0 Å². The van der Waals surface area contributed by atoms with Gasteiger partial charge in [-0.2, -0.15) is 9.40 Å². The summed E-state index contributed by atoms with van der Waals surface area (Å²) in [5.74, 6) is -0.585. The van der Waals surface area contributed by atoms with Crippen LogP contribution < -0.4 is 0 Å². The second-order valence-electron chi connectivity index (χ2n) is 7.09. The van der Waals surface area contributed by atoms with E-state index in [1.165, 1.54) is 22.8 Å². The van der Waals surface area contributed by atoms with E-state index in [1.54, 1.807) is 16.9 Å². The second kappa shape index (κ2) is 8.76. The molecule has 0 N–H and O–H groups in total. The third kappa shape index (κ3) is 4.42. The van der Waals surface area contributed by atoms with Gasteiger partial charge in [0.1, 0.15) is 11.5 Å². The molecule has 8 nitrogen and oxygen atoms in total. The van der Waals surface area contributed by atoms with Gasteiger partial charge in [-0.3, -0.25) is 9.78 Å². The Kier molecular flexibility index (Phi) is 5.91. The van der Waals surface area contributed by atoms with Crippen LogP contribution in [-0.2, 0) is 26.2 Å². The number of esters is 1. The highest BCUT2D eigenvalue weighted by molar-refractivity contribution is 7.89. The summed E-state index contributed by atoms with van der Waals surface area (Å²) in [7, 11) is -3.58. The molecule has 1 aromatic carbocycles. The zero-order chi connectivity index (χ0) is 21.0. The number of benzene rings is 1. The minimum atomic E-state index is -3.58. The number of hydrogen-bond donors (Lipinski definition) is 0. The van der Waals surface area contributed by atoms with Gasteiger partial charge in [-0.15, -0.1) is 0 Å². The van der Waals surface area contributed by atoms with Crippen LogP contribution in [0.1, 0.15) is 18.4 Å². The summed E-state index contributed by atoms with van der Waals surface area (Å²) >= 11 is 0. The summed E-state index contributed by atoms with van der Waals surface area (Å²) in [4.78, 5) is 16.5. The highest BCUT2D eigenvalue weighted by Crippen LogP contribution is 2.24. The molecule has 1 fully saturated rings. The molecule has 0 amide bonds. The van der Waals surface area contributed by atoms with Crippen molar-refractivity contribution in [3.05, 3.63) is 72.8 Å². The van der Waals surface area contributed by atoms with Gasteiger partial charge in [-0.1, -0.05) is 12.1 Å². The number of carbonyl (C=O) groups excluding carboxylic acids is 1. The van der Waals surface area contributed by atoms with Crippen LogP contribution in [0.5, 0.6) is 0 Å². The van der Waals surface area contributed by atoms with E-state index in [-0.39, 0.29) is 36.5 Å². The number of nitrogens with zero attached hydrogens (tertiary/aromatic N) is 4. The first kappa shape index (κ1) is 20.2. The molecule has 4 rings (SSSR count). The maximum absolute atomic E-state index is 12.7. The predicted octanol–water partition coefficient (Wildman–Crippen LogP) is 2.41. The molecule has 30 heavy (non-hydrogen) atoms. The minimum Gasteiger partial charge on any atom is -0.461 e. The van der Waals surface area contributed by atoms with Crippen LogP contribution in [0, 0.1) is 5.92 Å². The first-order valence-corrected chi connectivity index (χ1v) is 11.1. The molecular weight excluding hydrogens is 404 g/mol. The van der Waals surface area contributed by atoms with Gasteiger partial charge in [0.25, 0.3) is 0 Å². The Morgan fingerprint density at radius 3 is 2.47 bits per heavy atom. The summed E-state index contributed by atoms with van der Waals surface area (Å²) < 4.78 is 33.9. The lowest BCUT2D eigenvalue weighted by Crippen LogP contribution is -2.40. The molecular formula is C21H22N4O4S. The third-order valence-electron chi connectivity index (χ3n) is 5.15. The Morgan fingerprint density at radius 1 is 1.07 bits per heavy atom. The monoisotopic (exact) mass is 426 g/mol. The third-order valence-corrected chi connectivity index (χ3v) is 7.03. The molecule has 3 heterocycles. The van der Waals surface area contributed by atoms with Crippen molar-refractivity contribution in [3.8, 4) is 5.69 Å². The van der Waals surface area contributed by atoms with Crippen molar-refractivity contribution < 1.29 is 17.9 Å². The summed E-state index contributed by atoms with van der Waals surface area (Å²) in [6.07, 6.45) is 7.32. The summed E-state index contributed by atoms with van der Waals surface area (Å²) in [6, 6.07) is 12.6. The lowest BCUT2D eigenvalue weighted by Gasteiger charge is -2.30. The number of sulfonamides is 1. The average molecular weight is 426 g/mol. The number of aromatic nitrogens is 3. The van der Waals surface area contributed by atoms with Gasteiger partial charge in [-0.05, 0) is 48.7 Å². The van der Waals surface area contributed by atoms with E-state index in [2.05, 4.69) is 10.1 Å². The molecule has 1 aliphatic rings. The highest BCUT2D eigenvalue weighted by atomic mass is 32.2. The largest absolute Gasteiger partial charge is 0.461 e. The average Bonchev–Trinajstić information content (AvgIpc) is 3.33. The van der Waals surface area contributed by atoms with Gasteiger partial charge < -0.3 is 4.74 Å². The Hall–Kier alpha value is -3.04. The van der Waals surface area contributed by atoms with Crippen molar-refractivity contribution in [2.75, 3.05) is 13.1 Å². The van der Waals surface area contributed by atoms with E-state index >= 15 is 0 Å². The van der Waals surface area contributed by atoms with E-state index in [1.807, 2.05) is 36.5 Å². The van der Waals surface area contributed by atoms with E-state index in [4.69, 9.17) is 4.74 Å². The van der Waals surface area contributed by atoms with Gasteiger partial charge in [0.15, 0.2) is 0 Å². The smallest absolute Gasteiger partial charge is 0.309 e. The molecule has 3 aromatic rings. The molecule has 0 saturated carbocycles. The molecule has 2 aromatic heterocycles. The lowest BCUT2D eigenvalue weighted by molar-refractivity contribution is -0.151. The van der Waals surface area contributed by atoms with Gasteiger partial charge >= 0.3 is 5.97 Å². The molecule has 156 valence electrons. The maximum Gasteiger partial charge on any atom is 0.309 e. The normalized spacial score (nSPS) is 15.7. The lowest BCUT2D eigenvalue weighted by atomic mass is 9.98. The fraction of sp³-hybridized carbons (Fsp3) is 0.286. The SMILES string of the molecule is O=C(OCc1ccc(-n2cccn2)cc1)C1CCN(S(=O)(=O)c2cccnc2)CC1. The quantitative estimate of drug-likeness (QED) is 0.562. The minimum absolute atomic E-state index is 0.171. The molecule has 0 spiro atoms. The fourth-order valence-corrected chi connectivity index (χ4v) is 4.85. The van der Waals surface area contributed by atoms with Crippen LogP contribution in [0.3, 0.4) is 0 Å². The van der Waals surface area contributed by atoms with Crippen LogP contribution in [0.2, 0.25) is 0 Å². The van der Waals surface area contributed by atoms with Crippen LogP contribution in [0.4, 0.5) is 0 Å². The van der Waals surface area contributed by atoms with E-state index in [0.717, 1.165) is 11.3 Å². The molecule has 9 heteroatoms. The first-order chi connectivity index (χ1) is 14.5. The van der Waals surface area contributed by atoms with Gasteiger partial charge in [-0.25, -0.2) is 13.1 Å². The zero-order valence-electron chi connectivity index (χ0n) is 16.3. The molecule has 0 aliphatic carbocycles. The number of pyridine rings is 1.